The number of ether oxygens (including phenoxy) is 1. The molecular weight excluding hydrogens is 216 g/mol. The second-order valence-corrected chi connectivity index (χ2v) is 3.88. The smallest absolute Gasteiger partial charge is 0.316 e. The van der Waals surface area contributed by atoms with Crippen LogP contribution >= 0.6 is 11.8 Å². The van der Waals surface area contributed by atoms with Gasteiger partial charge in [0.25, 0.3) is 5.56 Å². The fourth-order valence-corrected chi connectivity index (χ4v) is 1.80. The number of thioether (sulfide) groups is 1. The first-order chi connectivity index (χ1) is 7.04. The van der Waals surface area contributed by atoms with Crippen molar-refractivity contribution < 1.29 is 9.53 Å². The minimum Gasteiger partial charge on any atom is -0.468 e. The SMILES string of the molecule is COC(=O)CSc1nc(C)cc(=O)n1C. The lowest BCUT2D eigenvalue weighted by Crippen LogP contribution is -2.20. The molecule has 6 heteroatoms. The van der Waals surface area contributed by atoms with Crippen molar-refractivity contribution in [2.45, 2.75) is 12.1 Å². The van der Waals surface area contributed by atoms with Gasteiger partial charge in [0.15, 0.2) is 5.16 Å². The van der Waals surface area contributed by atoms with Gasteiger partial charge in [-0.2, -0.15) is 0 Å². The molecule has 15 heavy (non-hydrogen) atoms. The first-order valence-electron chi connectivity index (χ1n) is 4.29. The second kappa shape index (κ2) is 4.97. The van der Waals surface area contributed by atoms with Crippen molar-refractivity contribution in [3.8, 4) is 0 Å². The number of hydrogen-bond acceptors (Lipinski definition) is 5. The molecule has 0 bridgehead atoms. The normalized spacial score (nSPS) is 10.1. The Labute approximate surface area is 91.5 Å². The summed E-state index contributed by atoms with van der Waals surface area (Å²) in [6, 6.07) is 1.45. The molecule has 0 spiro atoms. The van der Waals surface area contributed by atoms with Crippen molar-refractivity contribution >= 4 is 17.7 Å². The van der Waals surface area contributed by atoms with E-state index in [2.05, 4.69) is 9.72 Å². The summed E-state index contributed by atoms with van der Waals surface area (Å²) in [7, 11) is 2.94. The Morgan fingerprint density at radius 1 is 1.67 bits per heavy atom. The Morgan fingerprint density at radius 3 is 2.93 bits per heavy atom. The third-order valence-electron chi connectivity index (χ3n) is 1.77. The molecule has 1 rings (SSSR count). The van der Waals surface area contributed by atoms with E-state index in [-0.39, 0.29) is 17.3 Å². The van der Waals surface area contributed by atoms with Gasteiger partial charge in [-0.05, 0) is 6.92 Å². The van der Waals surface area contributed by atoms with Crippen LogP contribution in [0.25, 0.3) is 0 Å². The summed E-state index contributed by atoms with van der Waals surface area (Å²) < 4.78 is 5.90. The van der Waals surface area contributed by atoms with Gasteiger partial charge < -0.3 is 4.74 Å². The van der Waals surface area contributed by atoms with E-state index in [1.54, 1.807) is 14.0 Å². The number of carbonyl (C=O) groups is 1. The molecule has 0 amide bonds. The lowest BCUT2D eigenvalue weighted by atomic mass is 10.4. The quantitative estimate of drug-likeness (QED) is 0.424. The van der Waals surface area contributed by atoms with Gasteiger partial charge in [-0.1, -0.05) is 11.8 Å². The minimum absolute atomic E-state index is 0.130. The Hall–Kier alpha value is -1.30. The topological polar surface area (TPSA) is 61.2 Å². The highest BCUT2D eigenvalue weighted by Gasteiger charge is 2.07. The molecule has 5 nitrogen and oxygen atoms in total. The number of carbonyl (C=O) groups excluding carboxylic acids is 1. The van der Waals surface area contributed by atoms with Gasteiger partial charge in [0.2, 0.25) is 0 Å². The molecule has 0 saturated heterocycles. The van der Waals surface area contributed by atoms with Crippen LogP contribution in [0.2, 0.25) is 0 Å². The maximum Gasteiger partial charge on any atom is 0.316 e. The standard InChI is InChI=1S/C9H12N2O3S/c1-6-4-7(12)11(2)9(10-6)15-5-8(13)14-3/h4H,5H2,1-3H3. The van der Waals surface area contributed by atoms with Gasteiger partial charge in [0.05, 0.1) is 12.9 Å². The molecule has 0 unspecified atom stereocenters. The van der Waals surface area contributed by atoms with Crippen LogP contribution in [-0.2, 0) is 16.6 Å². The van der Waals surface area contributed by atoms with E-state index < -0.39 is 0 Å². The summed E-state index contributed by atoms with van der Waals surface area (Å²) >= 11 is 1.19. The summed E-state index contributed by atoms with van der Waals surface area (Å²) in [6.45, 7) is 1.74. The van der Waals surface area contributed by atoms with Crippen LogP contribution in [0.4, 0.5) is 0 Å². The predicted molar refractivity (Wildman–Crippen MR) is 57.0 cm³/mol. The molecule has 82 valence electrons. The Bertz CT molecular complexity index is 428. The van der Waals surface area contributed by atoms with E-state index in [0.29, 0.717) is 10.9 Å². The van der Waals surface area contributed by atoms with Crippen LogP contribution in [0, 0.1) is 6.92 Å². The Balaban J connectivity index is 2.85. The molecular formula is C9H12N2O3S. The summed E-state index contributed by atoms with van der Waals surface area (Å²) in [5, 5.41) is 0.519. The van der Waals surface area contributed by atoms with Crippen molar-refractivity contribution in [3.63, 3.8) is 0 Å². The highest BCUT2D eigenvalue weighted by Crippen LogP contribution is 2.12. The lowest BCUT2D eigenvalue weighted by Gasteiger charge is -2.06. The van der Waals surface area contributed by atoms with Gasteiger partial charge in [-0.25, -0.2) is 4.98 Å². The first-order valence-corrected chi connectivity index (χ1v) is 5.27. The van der Waals surface area contributed by atoms with Crippen molar-refractivity contribution in [2.75, 3.05) is 12.9 Å². The number of methoxy groups -OCH3 is 1. The molecule has 0 radical (unpaired) electrons. The molecule has 0 aromatic carbocycles. The zero-order valence-corrected chi connectivity index (χ0v) is 9.63. The maximum absolute atomic E-state index is 11.4. The van der Waals surface area contributed by atoms with Crippen molar-refractivity contribution in [2.24, 2.45) is 7.05 Å². The average molecular weight is 228 g/mol. The van der Waals surface area contributed by atoms with Crippen LogP contribution in [0.1, 0.15) is 5.69 Å². The highest BCUT2D eigenvalue weighted by atomic mass is 32.2. The molecule has 1 aromatic heterocycles. The minimum atomic E-state index is -0.337. The van der Waals surface area contributed by atoms with Gasteiger partial charge in [0, 0.05) is 18.8 Å². The number of rotatable bonds is 3. The zero-order valence-electron chi connectivity index (χ0n) is 8.81. The van der Waals surface area contributed by atoms with Crippen LogP contribution in [0.15, 0.2) is 16.0 Å². The van der Waals surface area contributed by atoms with Crippen molar-refractivity contribution in [1.82, 2.24) is 9.55 Å². The summed E-state index contributed by atoms with van der Waals surface area (Å²) in [5.74, 6) is -0.184. The third-order valence-corrected chi connectivity index (χ3v) is 2.77. The first kappa shape index (κ1) is 11.8. The van der Waals surface area contributed by atoms with Gasteiger partial charge >= 0.3 is 5.97 Å². The van der Waals surface area contributed by atoms with E-state index in [1.807, 2.05) is 0 Å². The number of hydrogen-bond donors (Lipinski definition) is 0. The summed E-state index contributed by atoms with van der Waals surface area (Å²) in [6.07, 6.45) is 0. The van der Waals surface area contributed by atoms with E-state index in [9.17, 15) is 9.59 Å². The van der Waals surface area contributed by atoms with Crippen LogP contribution in [0.3, 0.4) is 0 Å². The molecule has 0 aliphatic carbocycles. The third kappa shape index (κ3) is 3.09. The summed E-state index contributed by atoms with van der Waals surface area (Å²) in [4.78, 5) is 26.4. The lowest BCUT2D eigenvalue weighted by molar-refractivity contribution is -0.137. The van der Waals surface area contributed by atoms with Gasteiger partial charge in [-0.15, -0.1) is 0 Å². The molecule has 0 fully saturated rings. The summed E-state index contributed by atoms with van der Waals surface area (Å²) in [5.41, 5.74) is 0.514. The number of aryl methyl sites for hydroxylation is 1. The monoisotopic (exact) mass is 228 g/mol. The molecule has 0 aliphatic rings. The molecule has 0 aliphatic heterocycles. The fourth-order valence-electron chi connectivity index (χ4n) is 0.939. The average Bonchev–Trinajstić information content (AvgIpc) is 2.20. The Morgan fingerprint density at radius 2 is 2.33 bits per heavy atom. The molecule has 0 N–H and O–H groups in total. The second-order valence-electron chi connectivity index (χ2n) is 2.94. The van der Waals surface area contributed by atoms with Crippen LogP contribution in [0.5, 0.6) is 0 Å². The van der Waals surface area contributed by atoms with E-state index >= 15 is 0 Å². The molecule has 1 heterocycles. The largest absolute Gasteiger partial charge is 0.468 e. The predicted octanol–water partition coefficient (Wildman–Crippen LogP) is 0.354. The molecule has 1 aromatic rings. The number of esters is 1. The molecule has 0 saturated carbocycles. The Kier molecular flexibility index (Phi) is 3.90. The van der Waals surface area contributed by atoms with Gasteiger partial charge in [-0.3, -0.25) is 14.2 Å². The zero-order chi connectivity index (χ0) is 11.4. The van der Waals surface area contributed by atoms with E-state index in [4.69, 9.17) is 0 Å². The number of aromatic nitrogens is 2. The van der Waals surface area contributed by atoms with Crippen LogP contribution < -0.4 is 5.56 Å². The highest BCUT2D eigenvalue weighted by molar-refractivity contribution is 7.99. The van der Waals surface area contributed by atoms with Gasteiger partial charge in [0.1, 0.15) is 0 Å². The van der Waals surface area contributed by atoms with Crippen molar-refractivity contribution in [1.29, 1.82) is 0 Å². The fraction of sp³-hybridized carbons (Fsp3) is 0.444. The van der Waals surface area contributed by atoms with Crippen molar-refractivity contribution in [3.05, 3.63) is 22.1 Å². The van der Waals surface area contributed by atoms with E-state index in [0.717, 1.165) is 0 Å². The number of nitrogens with zero attached hydrogens (tertiary/aromatic N) is 2. The van der Waals surface area contributed by atoms with Crippen LogP contribution in [-0.4, -0.2) is 28.4 Å². The maximum atomic E-state index is 11.4. The molecule has 0 atom stereocenters. The van der Waals surface area contributed by atoms with E-state index in [1.165, 1.54) is 29.5 Å².